The highest BCUT2D eigenvalue weighted by molar-refractivity contribution is 7.89. The quantitative estimate of drug-likeness (QED) is 0.642. The number of aromatic nitrogens is 1. The maximum absolute atomic E-state index is 12.5. The van der Waals surface area contributed by atoms with Gasteiger partial charge in [-0.3, -0.25) is 9.78 Å². The van der Waals surface area contributed by atoms with Crippen molar-refractivity contribution in [3.05, 3.63) is 59.9 Å². The van der Waals surface area contributed by atoms with Crippen LogP contribution >= 0.6 is 0 Å². The van der Waals surface area contributed by atoms with Gasteiger partial charge >= 0.3 is 0 Å². The van der Waals surface area contributed by atoms with Crippen LogP contribution in [-0.4, -0.2) is 42.4 Å². The Bertz CT molecular complexity index is 903. The SMILES string of the molecule is C/C(=N/NC(=O)c1ccc(S(=O)(=O)N2CCCC2)cc1)c1ccccn1. The van der Waals surface area contributed by atoms with E-state index in [0.717, 1.165) is 12.8 Å². The van der Waals surface area contributed by atoms with Crippen LogP contribution in [0, 0.1) is 0 Å². The highest BCUT2D eigenvalue weighted by atomic mass is 32.2. The molecule has 0 aliphatic carbocycles. The Balaban J connectivity index is 1.69. The third kappa shape index (κ3) is 3.97. The fourth-order valence-electron chi connectivity index (χ4n) is 2.69. The second kappa shape index (κ2) is 7.76. The van der Waals surface area contributed by atoms with Crippen molar-refractivity contribution in [2.75, 3.05) is 13.1 Å². The van der Waals surface area contributed by atoms with Crippen LogP contribution < -0.4 is 5.43 Å². The summed E-state index contributed by atoms with van der Waals surface area (Å²) in [5.74, 6) is -0.412. The third-order valence-corrected chi connectivity index (χ3v) is 6.09. The molecule has 1 aliphatic rings. The van der Waals surface area contributed by atoms with Gasteiger partial charge in [0.15, 0.2) is 0 Å². The lowest BCUT2D eigenvalue weighted by atomic mass is 10.2. The Morgan fingerprint density at radius 1 is 1.12 bits per heavy atom. The molecule has 1 saturated heterocycles. The number of hydrazone groups is 1. The minimum absolute atomic E-state index is 0.198. The molecule has 1 fully saturated rings. The van der Waals surface area contributed by atoms with Crippen LogP contribution in [0.1, 0.15) is 35.8 Å². The lowest BCUT2D eigenvalue weighted by Gasteiger charge is -2.15. The molecule has 1 amide bonds. The fraction of sp³-hybridized carbons (Fsp3) is 0.278. The number of hydrogen-bond donors (Lipinski definition) is 1. The molecule has 2 heterocycles. The van der Waals surface area contributed by atoms with Crippen LogP contribution in [0.25, 0.3) is 0 Å². The van der Waals surface area contributed by atoms with E-state index in [-0.39, 0.29) is 4.90 Å². The molecule has 1 aliphatic heterocycles. The van der Waals surface area contributed by atoms with Crippen molar-refractivity contribution in [1.82, 2.24) is 14.7 Å². The second-order valence-corrected chi connectivity index (χ2v) is 7.93. The number of benzene rings is 1. The van der Waals surface area contributed by atoms with E-state index < -0.39 is 15.9 Å². The number of amides is 1. The fourth-order valence-corrected chi connectivity index (χ4v) is 4.21. The standard InChI is InChI=1S/C18H20N4O3S/c1-14(17-6-2-3-11-19-17)20-21-18(23)15-7-9-16(10-8-15)26(24,25)22-12-4-5-13-22/h2-3,6-11H,4-5,12-13H2,1H3,(H,21,23)/b20-14-. The van der Waals surface area contributed by atoms with Gasteiger partial charge < -0.3 is 0 Å². The van der Waals surface area contributed by atoms with E-state index in [0.29, 0.717) is 30.1 Å². The van der Waals surface area contributed by atoms with Gasteiger partial charge in [0.25, 0.3) is 5.91 Å². The van der Waals surface area contributed by atoms with Gasteiger partial charge in [-0.05, 0) is 56.2 Å². The maximum atomic E-state index is 12.5. The van der Waals surface area contributed by atoms with Crippen LogP contribution in [-0.2, 0) is 10.0 Å². The molecule has 8 heteroatoms. The first kappa shape index (κ1) is 18.2. The number of nitrogens with zero attached hydrogens (tertiary/aromatic N) is 3. The van der Waals surface area contributed by atoms with Crippen molar-refractivity contribution in [2.24, 2.45) is 5.10 Å². The van der Waals surface area contributed by atoms with Gasteiger partial charge in [-0.2, -0.15) is 9.41 Å². The number of hydrogen-bond acceptors (Lipinski definition) is 5. The molecule has 0 atom stereocenters. The molecule has 0 unspecified atom stereocenters. The average molecular weight is 372 g/mol. The molecular formula is C18H20N4O3S. The van der Waals surface area contributed by atoms with Gasteiger partial charge in [0, 0.05) is 24.8 Å². The lowest BCUT2D eigenvalue weighted by Crippen LogP contribution is -2.28. The van der Waals surface area contributed by atoms with Crippen LogP contribution in [0.15, 0.2) is 58.7 Å². The summed E-state index contributed by atoms with van der Waals surface area (Å²) in [5, 5.41) is 4.03. The summed E-state index contributed by atoms with van der Waals surface area (Å²) in [6.07, 6.45) is 3.41. The van der Waals surface area contributed by atoms with Gasteiger partial charge in [-0.1, -0.05) is 6.07 Å². The number of sulfonamides is 1. The van der Waals surface area contributed by atoms with Crippen molar-refractivity contribution >= 4 is 21.6 Å². The van der Waals surface area contributed by atoms with E-state index in [4.69, 9.17) is 0 Å². The summed E-state index contributed by atoms with van der Waals surface area (Å²) in [5.41, 5.74) is 4.04. The first-order valence-electron chi connectivity index (χ1n) is 8.35. The summed E-state index contributed by atoms with van der Waals surface area (Å²) in [6, 6.07) is 11.3. The van der Waals surface area contributed by atoms with E-state index in [1.54, 1.807) is 25.3 Å². The summed E-state index contributed by atoms with van der Waals surface area (Å²) in [4.78, 5) is 16.5. The molecular weight excluding hydrogens is 352 g/mol. The van der Waals surface area contributed by atoms with Gasteiger partial charge in [-0.25, -0.2) is 13.8 Å². The number of rotatable bonds is 5. The molecule has 1 aromatic heterocycles. The van der Waals surface area contributed by atoms with Crippen LogP contribution in [0.2, 0.25) is 0 Å². The number of pyridine rings is 1. The molecule has 0 bridgehead atoms. The molecule has 136 valence electrons. The highest BCUT2D eigenvalue weighted by Crippen LogP contribution is 2.21. The normalized spacial score (nSPS) is 15.8. The molecule has 1 aromatic carbocycles. The third-order valence-electron chi connectivity index (χ3n) is 4.18. The smallest absolute Gasteiger partial charge is 0.267 e. The molecule has 0 saturated carbocycles. The molecule has 1 N–H and O–H groups in total. The first-order chi connectivity index (χ1) is 12.5. The summed E-state index contributed by atoms with van der Waals surface area (Å²) in [7, 11) is -3.48. The monoisotopic (exact) mass is 372 g/mol. The molecule has 0 radical (unpaired) electrons. The number of carbonyl (C=O) groups is 1. The van der Waals surface area contributed by atoms with Crippen molar-refractivity contribution in [3.8, 4) is 0 Å². The van der Waals surface area contributed by atoms with Gasteiger partial charge in [-0.15, -0.1) is 0 Å². The lowest BCUT2D eigenvalue weighted by molar-refractivity contribution is 0.0954. The minimum Gasteiger partial charge on any atom is -0.267 e. The Kier molecular flexibility index (Phi) is 5.43. The predicted octanol–water partition coefficient (Wildman–Crippen LogP) is 2.02. The first-order valence-corrected chi connectivity index (χ1v) is 9.79. The van der Waals surface area contributed by atoms with Gasteiger partial charge in [0.1, 0.15) is 0 Å². The topological polar surface area (TPSA) is 91.7 Å². The summed E-state index contributed by atoms with van der Waals surface area (Å²) < 4.78 is 26.4. The van der Waals surface area contributed by atoms with Crippen molar-refractivity contribution in [3.63, 3.8) is 0 Å². The minimum atomic E-state index is -3.48. The van der Waals surface area contributed by atoms with Gasteiger partial charge in [0.05, 0.1) is 16.3 Å². The largest absolute Gasteiger partial charge is 0.271 e. The molecule has 2 aromatic rings. The van der Waals surface area contributed by atoms with E-state index in [1.807, 2.05) is 6.07 Å². The predicted molar refractivity (Wildman–Crippen MR) is 98.3 cm³/mol. The van der Waals surface area contributed by atoms with E-state index >= 15 is 0 Å². The number of carbonyl (C=O) groups excluding carboxylic acids is 1. The van der Waals surface area contributed by atoms with Crippen molar-refractivity contribution < 1.29 is 13.2 Å². The van der Waals surface area contributed by atoms with Crippen LogP contribution in [0.5, 0.6) is 0 Å². The van der Waals surface area contributed by atoms with Gasteiger partial charge in [0.2, 0.25) is 10.0 Å². The van der Waals surface area contributed by atoms with Crippen molar-refractivity contribution in [2.45, 2.75) is 24.7 Å². The Hall–Kier alpha value is -2.58. The highest BCUT2D eigenvalue weighted by Gasteiger charge is 2.27. The molecule has 3 rings (SSSR count). The zero-order chi connectivity index (χ0) is 18.6. The zero-order valence-corrected chi connectivity index (χ0v) is 15.2. The summed E-state index contributed by atoms with van der Waals surface area (Å²) in [6.45, 7) is 2.84. The Morgan fingerprint density at radius 2 is 1.81 bits per heavy atom. The second-order valence-electron chi connectivity index (χ2n) is 5.99. The zero-order valence-electron chi connectivity index (χ0n) is 14.4. The van der Waals surface area contributed by atoms with Crippen molar-refractivity contribution in [1.29, 1.82) is 0 Å². The Morgan fingerprint density at radius 3 is 2.42 bits per heavy atom. The van der Waals surface area contributed by atoms with Crippen LogP contribution in [0.4, 0.5) is 0 Å². The Labute approximate surface area is 152 Å². The molecule has 26 heavy (non-hydrogen) atoms. The maximum Gasteiger partial charge on any atom is 0.271 e. The summed E-state index contributed by atoms with van der Waals surface area (Å²) >= 11 is 0. The van der Waals surface area contributed by atoms with E-state index in [9.17, 15) is 13.2 Å². The number of nitrogens with one attached hydrogen (secondary N) is 1. The molecule has 7 nitrogen and oxygen atoms in total. The average Bonchev–Trinajstić information content (AvgIpc) is 3.22. The van der Waals surface area contributed by atoms with Crippen LogP contribution in [0.3, 0.4) is 0 Å². The van der Waals surface area contributed by atoms with E-state index in [2.05, 4.69) is 15.5 Å². The van der Waals surface area contributed by atoms with E-state index in [1.165, 1.54) is 28.6 Å². The molecule has 0 spiro atoms.